The zero-order chi connectivity index (χ0) is 25.5. The van der Waals surface area contributed by atoms with Gasteiger partial charge in [-0.05, 0) is 42.3 Å². The van der Waals surface area contributed by atoms with E-state index in [1.165, 1.54) is 12.1 Å². The maximum absolute atomic E-state index is 14.0. The number of aromatic nitrogens is 1. The average Bonchev–Trinajstić information content (AvgIpc) is 2.72. The molecule has 0 bridgehead atoms. The van der Waals surface area contributed by atoms with Gasteiger partial charge in [-0.25, -0.2) is 22.2 Å². The summed E-state index contributed by atoms with van der Waals surface area (Å²) >= 11 is 0. The first-order chi connectivity index (χ1) is 15.8. The van der Waals surface area contributed by atoms with Gasteiger partial charge in [0.15, 0.2) is 11.6 Å². The number of nitrogens with one attached hydrogen (secondary N) is 3. The Morgan fingerprint density at radius 1 is 1.15 bits per heavy atom. The molecule has 1 heterocycles. The first-order valence-electron chi connectivity index (χ1n) is 10.0. The van der Waals surface area contributed by atoms with E-state index in [-0.39, 0.29) is 23.5 Å². The summed E-state index contributed by atoms with van der Waals surface area (Å²) in [5, 5.41) is 5.20. The van der Waals surface area contributed by atoms with E-state index in [4.69, 9.17) is 0 Å². The van der Waals surface area contributed by atoms with Crippen LogP contribution in [0.2, 0.25) is 0 Å². The highest BCUT2D eigenvalue weighted by molar-refractivity contribution is 7.92. The molecular formula is C21H23F5N4O3S. The maximum atomic E-state index is 14.0. The summed E-state index contributed by atoms with van der Waals surface area (Å²) in [5.41, 5.74) is -1.65. The van der Waals surface area contributed by atoms with Crippen LogP contribution in [0.1, 0.15) is 36.6 Å². The van der Waals surface area contributed by atoms with Crippen molar-refractivity contribution >= 4 is 33.5 Å². The van der Waals surface area contributed by atoms with E-state index in [0.29, 0.717) is 13.0 Å². The van der Waals surface area contributed by atoms with Crippen LogP contribution in [0.5, 0.6) is 0 Å². The molecule has 34 heavy (non-hydrogen) atoms. The molecule has 1 aromatic heterocycles. The van der Waals surface area contributed by atoms with E-state index in [2.05, 4.69) is 15.6 Å². The standard InChI is InChI=1S/C21H23F5N4O3S/c1-3-4-9-27-20-14(5-7-17(29-20)21(24,25)26)6-8-18(31)28-12-13-10-15(22)19(16(23)11-13)30-34(2,32)33/h5-8,10-11,30H,3-4,9,12H2,1-2H3,(H,27,29)(H,28,31)/b8-6+. The monoisotopic (exact) mass is 506 g/mol. The van der Waals surface area contributed by atoms with Crippen molar-refractivity contribution in [2.45, 2.75) is 32.5 Å². The van der Waals surface area contributed by atoms with Crippen LogP contribution in [-0.4, -0.2) is 32.1 Å². The molecule has 0 aliphatic rings. The van der Waals surface area contributed by atoms with E-state index in [0.717, 1.165) is 37.0 Å². The first kappa shape index (κ1) is 27.0. The van der Waals surface area contributed by atoms with Crippen LogP contribution in [0, 0.1) is 11.6 Å². The number of pyridine rings is 1. The Bertz CT molecular complexity index is 1140. The second kappa shape index (κ2) is 11.3. The normalized spacial score (nSPS) is 12.1. The molecule has 3 N–H and O–H groups in total. The van der Waals surface area contributed by atoms with Crippen molar-refractivity contribution in [3.05, 3.63) is 58.8 Å². The molecule has 1 amide bonds. The third-order valence-corrected chi connectivity index (χ3v) is 4.88. The van der Waals surface area contributed by atoms with Crippen molar-refractivity contribution in [1.29, 1.82) is 0 Å². The fourth-order valence-electron chi connectivity index (χ4n) is 2.71. The zero-order valence-corrected chi connectivity index (χ0v) is 19.1. The number of rotatable bonds is 10. The minimum absolute atomic E-state index is 0.0221. The first-order valence-corrected chi connectivity index (χ1v) is 11.9. The van der Waals surface area contributed by atoms with E-state index in [1.807, 2.05) is 6.92 Å². The highest BCUT2D eigenvalue weighted by atomic mass is 32.2. The number of sulfonamides is 1. The lowest BCUT2D eigenvalue weighted by Gasteiger charge is -2.12. The fourth-order valence-corrected chi connectivity index (χ4v) is 3.28. The second-order valence-electron chi connectivity index (χ2n) is 7.27. The number of benzene rings is 1. The quantitative estimate of drug-likeness (QED) is 0.254. The second-order valence-corrected chi connectivity index (χ2v) is 9.02. The summed E-state index contributed by atoms with van der Waals surface area (Å²) < 4.78 is 91.1. The van der Waals surface area contributed by atoms with Crippen LogP contribution in [0.15, 0.2) is 30.3 Å². The number of hydrogen-bond acceptors (Lipinski definition) is 5. The summed E-state index contributed by atoms with van der Waals surface area (Å²) in [6.07, 6.45) is -0.0706. The SMILES string of the molecule is CCCCNc1nc(C(F)(F)F)ccc1/C=C/C(=O)NCc1cc(F)c(NS(C)(=O)=O)c(F)c1. The Kier molecular flexibility index (Phi) is 8.96. The Labute approximate surface area is 193 Å². The number of carbonyl (C=O) groups excluding carboxylic acids is 1. The average molecular weight is 506 g/mol. The summed E-state index contributed by atoms with van der Waals surface area (Å²) in [6, 6.07) is 3.68. The predicted molar refractivity (Wildman–Crippen MR) is 118 cm³/mol. The van der Waals surface area contributed by atoms with E-state index in [1.54, 1.807) is 4.72 Å². The molecule has 7 nitrogen and oxygen atoms in total. The van der Waals surface area contributed by atoms with Crippen molar-refractivity contribution in [3.63, 3.8) is 0 Å². The molecule has 0 radical (unpaired) electrons. The summed E-state index contributed by atoms with van der Waals surface area (Å²) in [5.74, 6) is -3.04. The van der Waals surface area contributed by atoms with E-state index >= 15 is 0 Å². The largest absolute Gasteiger partial charge is 0.433 e. The summed E-state index contributed by atoms with van der Waals surface area (Å²) in [7, 11) is -3.90. The summed E-state index contributed by atoms with van der Waals surface area (Å²) in [4.78, 5) is 15.7. The Morgan fingerprint density at radius 2 is 1.79 bits per heavy atom. The van der Waals surface area contributed by atoms with Crippen LogP contribution in [0.4, 0.5) is 33.5 Å². The molecule has 13 heteroatoms. The molecule has 0 aliphatic carbocycles. The number of unbranched alkanes of at least 4 members (excludes halogenated alkanes) is 1. The molecule has 1 aromatic carbocycles. The predicted octanol–water partition coefficient (Wildman–Crippen LogP) is 4.29. The fraction of sp³-hybridized carbons (Fsp3) is 0.333. The van der Waals surface area contributed by atoms with Crippen molar-refractivity contribution in [1.82, 2.24) is 10.3 Å². The Hall–Kier alpha value is -3.22. The molecule has 0 atom stereocenters. The molecule has 0 fully saturated rings. The third-order valence-electron chi connectivity index (χ3n) is 4.31. The van der Waals surface area contributed by atoms with Gasteiger partial charge >= 0.3 is 6.18 Å². The smallest absolute Gasteiger partial charge is 0.370 e. The number of anilines is 2. The number of carbonyl (C=O) groups is 1. The van der Waals surface area contributed by atoms with Crippen molar-refractivity contribution in [3.8, 4) is 0 Å². The van der Waals surface area contributed by atoms with Crippen molar-refractivity contribution in [2.75, 3.05) is 22.8 Å². The number of hydrogen-bond donors (Lipinski definition) is 3. The number of halogens is 5. The van der Waals surface area contributed by atoms with Gasteiger partial charge in [0.1, 0.15) is 17.2 Å². The van der Waals surface area contributed by atoms with Gasteiger partial charge in [0.25, 0.3) is 0 Å². The molecular weight excluding hydrogens is 483 g/mol. The van der Waals surface area contributed by atoms with Crippen LogP contribution in [0.25, 0.3) is 6.08 Å². The zero-order valence-electron chi connectivity index (χ0n) is 18.3. The molecule has 0 aliphatic heterocycles. The van der Waals surface area contributed by atoms with Crippen LogP contribution < -0.4 is 15.4 Å². The lowest BCUT2D eigenvalue weighted by Crippen LogP contribution is -2.21. The highest BCUT2D eigenvalue weighted by Gasteiger charge is 2.32. The minimum atomic E-state index is -4.63. The van der Waals surface area contributed by atoms with Crippen LogP contribution >= 0.6 is 0 Å². The van der Waals surface area contributed by atoms with Crippen LogP contribution in [-0.2, 0) is 27.5 Å². The van der Waals surface area contributed by atoms with Gasteiger partial charge in [-0.3, -0.25) is 9.52 Å². The molecule has 2 aromatic rings. The molecule has 0 unspecified atom stereocenters. The third kappa shape index (κ3) is 8.28. The highest BCUT2D eigenvalue weighted by Crippen LogP contribution is 2.30. The van der Waals surface area contributed by atoms with Gasteiger partial charge in [-0.2, -0.15) is 13.2 Å². The van der Waals surface area contributed by atoms with Gasteiger partial charge in [0.05, 0.1) is 6.26 Å². The Morgan fingerprint density at radius 3 is 2.35 bits per heavy atom. The van der Waals surface area contributed by atoms with Crippen LogP contribution in [0.3, 0.4) is 0 Å². The van der Waals surface area contributed by atoms with Gasteiger partial charge in [-0.15, -0.1) is 0 Å². The Balaban J connectivity index is 2.11. The number of amides is 1. The number of alkyl halides is 3. The number of nitrogens with zero attached hydrogens (tertiary/aromatic N) is 1. The maximum Gasteiger partial charge on any atom is 0.433 e. The lowest BCUT2D eigenvalue weighted by molar-refractivity contribution is -0.141. The van der Waals surface area contributed by atoms with Crippen molar-refractivity contribution in [2.24, 2.45) is 0 Å². The van der Waals surface area contributed by atoms with E-state index in [9.17, 15) is 35.2 Å². The van der Waals surface area contributed by atoms with Gasteiger partial charge in [-0.1, -0.05) is 13.3 Å². The molecule has 0 spiro atoms. The molecule has 0 saturated heterocycles. The van der Waals surface area contributed by atoms with Gasteiger partial charge in [0, 0.05) is 24.7 Å². The minimum Gasteiger partial charge on any atom is -0.370 e. The topological polar surface area (TPSA) is 100 Å². The van der Waals surface area contributed by atoms with E-state index < -0.39 is 45.1 Å². The van der Waals surface area contributed by atoms with Gasteiger partial charge < -0.3 is 10.6 Å². The molecule has 0 saturated carbocycles. The summed E-state index contributed by atoms with van der Waals surface area (Å²) in [6.45, 7) is 2.02. The molecule has 2 rings (SSSR count). The van der Waals surface area contributed by atoms with Gasteiger partial charge in [0.2, 0.25) is 15.9 Å². The molecule has 186 valence electrons. The van der Waals surface area contributed by atoms with Crippen molar-refractivity contribution < 1.29 is 35.2 Å². The lowest BCUT2D eigenvalue weighted by atomic mass is 10.2.